The molecule has 1 unspecified atom stereocenters. The van der Waals surface area contributed by atoms with Gasteiger partial charge in [-0.1, -0.05) is 6.42 Å². The lowest BCUT2D eigenvalue weighted by Crippen LogP contribution is -2.43. The van der Waals surface area contributed by atoms with Crippen molar-refractivity contribution >= 4 is 34.0 Å². The molecule has 0 spiro atoms. The van der Waals surface area contributed by atoms with Crippen LogP contribution in [0.25, 0.3) is 11.0 Å². The lowest BCUT2D eigenvalue weighted by molar-refractivity contribution is -0.386. The summed E-state index contributed by atoms with van der Waals surface area (Å²) < 4.78 is 28.2. The van der Waals surface area contributed by atoms with E-state index in [1.54, 1.807) is 0 Å². The molecule has 0 saturated heterocycles. The summed E-state index contributed by atoms with van der Waals surface area (Å²) in [7, 11) is 1.23. The summed E-state index contributed by atoms with van der Waals surface area (Å²) in [6.45, 7) is 0. The Bertz CT molecular complexity index is 842. The van der Waals surface area contributed by atoms with Gasteiger partial charge in [-0.3, -0.25) is 23.1 Å². The van der Waals surface area contributed by atoms with Crippen LogP contribution in [0, 0.1) is 10.1 Å². The second kappa shape index (κ2) is 5.39. The molecule has 3 rings (SSSR count). The van der Waals surface area contributed by atoms with Gasteiger partial charge in [-0.05, 0) is 18.9 Å². The molecular formula is C13H12N3O6S-. The van der Waals surface area contributed by atoms with Crippen LogP contribution in [0.1, 0.15) is 24.8 Å². The molecule has 0 bridgehead atoms. The fraction of sp³-hybridized carbons (Fsp3) is 0.385. The fourth-order valence-electron chi connectivity index (χ4n) is 3.10. The highest BCUT2D eigenvalue weighted by atomic mass is 32.2. The fourth-order valence-corrected chi connectivity index (χ4v) is 3.54. The van der Waals surface area contributed by atoms with Crippen molar-refractivity contribution in [3.63, 3.8) is 0 Å². The van der Waals surface area contributed by atoms with Crippen molar-refractivity contribution in [2.45, 2.75) is 24.7 Å². The van der Waals surface area contributed by atoms with E-state index >= 15 is 0 Å². The van der Waals surface area contributed by atoms with Crippen LogP contribution in [0.3, 0.4) is 0 Å². The van der Waals surface area contributed by atoms with Crippen molar-refractivity contribution in [2.24, 2.45) is 0 Å². The first-order valence-electron chi connectivity index (χ1n) is 6.75. The van der Waals surface area contributed by atoms with Gasteiger partial charge in [0.15, 0.2) is 5.65 Å². The molecule has 1 aliphatic rings. The molecule has 0 aromatic carbocycles. The van der Waals surface area contributed by atoms with Gasteiger partial charge in [-0.25, -0.2) is 4.98 Å². The number of hydrogen-bond donors (Lipinski definition) is 0. The van der Waals surface area contributed by atoms with Crippen LogP contribution in [0.2, 0.25) is 0 Å². The van der Waals surface area contributed by atoms with Crippen LogP contribution in [0.15, 0.2) is 18.5 Å². The third-order valence-corrected chi connectivity index (χ3v) is 4.90. The molecule has 2 heterocycles. The van der Waals surface area contributed by atoms with Gasteiger partial charge in [-0.15, -0.1) is 0 Å². The Morgan fingerprint density at radius 1 is 1.52 bits per heavy atom. The molecule has 1 saturated carbocycles. The van der Waals surface area contributed by atoms with Gasteiger partial charge in [0.05, 0.1) is 28.9 Å². The summed E-state index contributed by atoms with van der Waals surface area (Å²) in [6.07, 6.45) is 3.78. The molecule has 23 heavy (non-hydrogen) atoms. The van der Waals surface area contributed by atoms with Crippen molar-refractivity contribution in [2.75, 3.05) is 7.11 Å². The van der Waals surface area contributed by atoms with Crippen LogP contribution in [0.4, 0.5) is 5.69 Å². The topological polar surface area (TPSA) is 127 Å². The largest absolute Gasteiger partial charge is 0.755 e. The number of nitrogens with zero attached hydrogens (tertiary/aromatic N) is 3. The smallest absolute Gasteiger partial charge is 0.316 e. The summed E-state index contributed by atoms with van der Waals surface area (Å²) in [5, 5.41) is 11.7. The van der Waals surface area contributed by atoms with Gasteiger partial charge in [-0.2, -0.15) is 0 Å². The van der Waals surface area contributed by atoms with Crippen molar-refractivity contribution < 1.29 is 23.2 Å². The van der Waals surface area contributed by atoms with E-state index < -0.39 is 27.6 Å². The van der Waals surface area contributed by atoms with E-state index in [9.17, 15) is 23.7 Å². The Morgan fingerprint density at radius 2 is 2.22 bits per heavy atom. The number of methoxy groups -OCH3 is 1. The van der Waals surface area contributed by atoms with Crippen molar-refractivity contribution in [3.8, 4) is 0 Å². The molecule has 0 amide bonds. The molecule has 122 valence electrons. The Kier molecular flexibility index (Phi) is 3.65. The maximum atomic E-state index is 12.3. The third kappa shape index (κ3) is 2.13. The van der Waals surface area contributed by atoms with Gasteiger partial charge in [0.1, 0.15) is 11.6 Å². The average Bonchev–Trinajstić information content (AvgIpc) is 2.89. The minimum Gasteiger partial charge on any atom is -0.755 e. The molecule has 2 aromatic rings. The summed E-state index contributed by atoms with van der Waals surface area (Å²) in [5.41, 5.74) is -1.21. The molecule has 2 aromatic heterocycles. The maximum absolute atomic E-state index is 12.3. The van der Waals surface area contributed by atoms with Gasteiger partial charge in [0, 0.05) is 11.6 Å². The number of fused-ring (bicyclic) bond motifs is 1. The monoisotopic (exact) mass is 338 g/mol. The van der Waals surface area contributed by atoms with E-state index in [4.69, 9.17) is 4.74 Å². The second-order valence-corrected chi connectivity index (χ2v) is 6.13. The van der Waals surface area contributed by atoms with E-state index in [0.717, 1.165) is 16.6 Å². The van der Waals surface area contributed by atoms with Crippen LogP contribution < -0.4 is 0 Å². The zero-order valence-electron chi connectivity index (χ0n) is 12.1. The highest BCUT2D eigenvalue weighted by Gasteiger charge is 2.51. The molecular weight excluding hydrogens is 326 g/mol. The molecule has 1 atom stereocenters. The normalized spacial score (nSPS) is 17.5. The molecule has 1 aliphatic carbocycles. The van der Waals surface area contributed by atoms with E-state index in [1.165, 1.54) is 19.4 Å². The zero-order valence-corrected chi connectivity index (χ0v) is 12.9. The van der Waals surface area contributed by atoms with Crippen LogP contribution in [-0.4, -0.2) is 35.7 Å². The number of carbonyl (C=O) groups excluding carboxylic acids is 1. The molecule has 9 nitrogen and oxygen atoms in total. The van der Waals surface area contributed by atoms with E-state index in [1.807, 2.05) is 0 Å². The first kappa shape index (κ1) is 15.6. The zero-order chi connectivity index (χ0) is 16.8. The highest BCUT2D eigenvalue weighted by Crippen LogP contribution is 2.50. The maximum Gasteiger partial charge on any atom is 0.316 e. The average molecular weight is 338 g/mol. The minimum absolute atomic E-state index is 0.0501. The van der Waals surface area contributed by atoms with Crippen molar-refractivity contribution in [1.82, 2.24) is 8.96 Å². The Morgan fingerprint density at radius 3 is 2.70 bits per heavy atom. The summed E-state index contributed by atoms with van der Waals surface area (Å²) >= 11 is -2.60. The second-order valence-electron chi connectivity index (χ2n) is 5.30. The Labute approximate surface area is 132 Å². The lowest BCUT2D eigenvalue weighted by atomic mass is 9.63. The van der Waals surface area contributed by atoms with Gasteiger partial charge in [0.2, 0.25) is 0 Å². The summed E-state index contributed by atoms with van der Waals surface area (Å²) in [4.78, 5) is 26.9. The van der Waals surface area contributed by atoms with Crippen LogP contribution in [-0.2, 0) is 26.2 Å². The number of carbonyl (C=O) groups is 1. The Hall–Kier alpha value is -2.33. The first-order valence-corrected chi connectivity index (χ1v) is 7.78. The molecule has 10 heteroatoms. The van der Waals surface area contributed by atoms with Crippen molar-refractivity contribution in [1.29, 1.82) is 0 Å². The number of ether oxygens (including phenoxy) is 1. The number of esters is 1. The summed E-state index contributed by atoms with van der Waals surface area (Å²) in [5.74, 6) is -0.560. The predicted octanol–water partition coefficient (Wildman–Crippen LogP) is 1.18. The molecule has 0 N–H and O–H groups in total. The standard InChI is InChI=1S/C13H13N3O6S/c1-22-12(17)13(4-2-5-13)10-8-3-6-15(23(20)21)11(8)14-7-9(10)16(18)19/h3,6-7H,2,4-5H2,1H3,(H,20,21)/p-1. The molecule has 0 radical (unpaired) electrons. The summed E-state index contributed by atoms with van der Waals surface area (Å²) in [6, 6.07) is 1.42. The minimum atomic E-state index is -2.60. The number of aromatic nitrogens is 2. The van der Waals surface area contributed by atoms with Gasteiger partial charge >= 0.3 is 5.97 Å². The van der Waals surface area contributed by atoms with Gasteiger partial charge < -0.3 is 9.29 Å². The van der Waals surface area contributed by atoms with Crippen LogP contribution >= 0.6 is 0 Å². The SMILES string of the molecule is COC(=O)C1(c2c([N+](=O)[O-])cnc3c2ccn3S(=O)[O-])CCC1. The quantitative estimate of drug-likeness (QED) is 0.354. The number of nitro groups is 1. The number of hydrogen-bond acceptors (Lipinski definition) is 7. The molecule has 0 aliphatic heterocycles. The van der Waals surface area contributed by atoms with Crippen molar-refractivity contribution in [3.05, 3.63) is 34.1 Å². The number of pyridine rings is 1. The van der Waals surface area contributed by atoms with E-state index in [2.05, 4.69) is 4.98 Å². The Balaban J connectivity index is 2.36. The third-order valence-electron chi connectivity index (χ3n) is 4.28. The predicted molar refractivity (Wildman–Crippen MR) is 78.3 cm³/mol. The molecule has 1 fully saturated rings. The first-order chi connectivity index (χ1) is 10.9. The van der Waals surface area contributed by atoms with E-state index in [0.29, 0.717) is 12.8 Å². The van der Waals surface area contributed by atoms with E-state index in [-0.39, 0.29) is 22.3 Å². The van der Waals surface area contributed by atoms with Crippen LogP contribution in [0.5, 0.6) is 0 Å². The lowest BCUT2D eigenvalue weighted by Gasteiger charge is -2.39. The van der Waals surface area contributed by atoms with Gasteiger partial charge in [0.25, 0.3) is 5.69 Å². The highest BCUT2D eigenvalue weighted by molar-refractivity contribution is 7.77. The number of rotatable bonds is 4.